The number of hydrogen-bond acceptors (Lipinski definition) is 0. The number of benzene rings is 4. The molecule has 56 heavy (non-hydrogen) atoms. The van der Waals surface area contributed by atoms with Crippen molar-refractivity contribution < 1.29 is 20.8 Å². The van der Waals surface area contributed by atoms with Crippen molar-refractivity contribution in [3.63, 3.8) is 0 Å². The van der Waals surface area contributed by atoms with Gasteiger partial charge in [0, 0.05) is 9.52 Å². The Morgan fingerprint density at radius 3 is 1.05 bits per heavy atom. The van der Waals surface area contributed by atoms with Gasteiger partial charge in [-0.25, -0.2) is 0 Å². The summed E-state index contributed by atoms with van der Waals surface area (Å²) in [5.74, 6) is 2.20. The molecule has 298 valence electrons. The summed E-state index contributed by atoms with van der Waals surface area (Å²) in [6.07, 6.45) is 4.63. The Morgan fingerprint density at radius 1 is 0.518 bits per heavy atom. The summed E-state index contributed by atoms with van der Waals surface area (Å²) in [6, 6.07) is 33.1. The van der Waals surface area contributed by atoms with E-state index in [1.54, 1.807) is 0 Å². The molecule has 0 aromatic heterocycles. The third kappa shape index (κ3) is 12.9. The van der Waals surface area contributed by atoms with Crippen LogP contribution in [-0.4, -0.2) is 9.52 Å². The predicted molar refractivity (Wildman–Crippen MR) is 253 cm³/mol. The summed E-state index contributed by atoms with van der Waals surface area (Å²) in [7, 11) is 11.0. The molecule has 4 heteroatoms. The third-order valence-electron chi connectivity index (χ3n) is 10.5. The van der Waals surface area contributed by atoms with Crippen LogP contribution in [0.1, 0.15) is 150 Å². The maximum atomic E-state index is 4.93. The van der Waals surface area contributed by atoms with Crippen molar-refractivity contribution in [2.75, 3.05) is 0 Å². The van der Waals surface area contributed by atoms with Crippen molar-refractivity contribution in [2.24, 2.45) is 0 Å². The van der Waals surface area contributed by atoms with Gasteiger partial charge in [-0.15, -0.1) is 69.1 Å². The van der Waals surface area contributed by atoms with Crippen LogP contribution in [0.5, 0.6) is 0 Å². The van der Waals surface area contributed by atoms with E-state index in [1.807, 2.05) is 0 Å². The molecule has 6 aromatic carbocycles. The molecule has 0 aliphatic rings. The first-order chi connectivity index (χ1) is 26.6. The molecule has 0 bridgehead atoms. The van der Waals surface area contributed by atoms with Gasteiger partial charge < -0.3 is 0 Å². The Balaban J connectivity index is 0.000000264. The molecule has 0 fully saturated rings. The van der Waals surface area contributed by atoms with Gasteiger partial charge in [0.05, 0.1) is 0 Å². The summed E-state index contributed by atoms with van der Waals surface area (Å²) in [6.45, 7) is 31.6. The first-order valence-electron chi connectivity index (χ1n) is 20.9. The van der Waals surface area contributed by atoms with E-state index in [0.717, 1.165) is 22.4 Å². The van der Waals surface area contributed by atoms with E-state index < -0.39 is 20.8 Å². The molecule has 6 aromatic rings. The van der Waals surface area contributed by atoms with Gasteiger partial charge in [0.2, 0.25) is 0 Å². The van der Waals surface area contributed by atoms with Gasteiger partial charge in [-0.3, -0.25) is 0 Å². The van der Waals surface area contributed by atoms with E-state index in [2.05, 4.69) is 181 Å². The number of rotatable bonds is 10. The van der Waals surface area contributed by atoms with Gasteiger partial charge in [-0.1, -0.05) is 168 Å². The van der Waals surface area contributed by atoms with E-state index in [1.165, 1.54) is 101 Å². The second-order valence-electron chi connectivity index (χ2n) is 16.7. The minimum absolute atomic E-state index is 0.549. The molecule has 0 saturated heterocycles. The van der Waals surface area contributed by atoms with Crippen LogP contribution in [-0.2, 0) is 33.7 Å². The molecule has 6 rings (SSSR count). The van der Waals surface area contributed by atoms with Gasteiger partial charge in [0.25, 0.3) is 0 Å². The molecule has 0 spiro atoms. The summed E-state index contributed by atoms with van der Waals surface area (Å²) >= 11 is -0.826. The molecule has 0 N–H and O–H groups in total. The Bertz CT molecular complexity index is 1910. The standard InChI is InChI=1S/2C25H31.C2H6Si.2ClH.Zr/c2*1-7-8-19-9-10-20-11-18(6)12-24(20)25(19)23-14-21(16(2)3)13-22(15-23)17(4)5;1-3-2;;;/h2*9-17H,7-8H2,1-6H3;1-2H3;2*1H;/q2*-1;;;;+4/p-2. The average molecular weight is 883 g/mol. The Labute approximate surface area is 363 Å². The predicted octanol–water partition coefficient (Wildman–Crippen LogP) is 17.6. The molecule has 0 heterocycles. The zero-order chi connectivity index (χ0) is 41.7. The van der Waals surface area contributed by atoms with Crippen LogP contribution in [0.3, 0.4) is 0 Å². The van der Waals surface area contributed by atoms with Crippen molar-refractivity contribution >= 4 is 48.1 Å². The van der Waals surface area contributed by atoms with E-state index >= 15 is 0 Å². The Morgan fingerprint density at radius 2 is 0.804 bits per heavy atom. The molecule has 0 aliphatic carbocycles. The summed E-state index contributed by atoms with van der Waals surface area (Å²) in [5.41, 5.74) is 17.2. The molecular formula is C52H68Cl2SiZr. The molecule has 0 unspecified atom stereocenters. The molecular weight excluding hydrogens is 815 g/mol. The third-order valence-corrected chi connectivity index (χ3v) is 10.5. The first kappa shape index (κ1) is 48.2. The van der Waals surface area contributed by atoms with E-state index in [0.29, 0.717) is 23.7 Å². The minimum atomic E-state index is -0.826. The molecule has 0 atom stereocenters. The molecule has 0 amide bonds. The second kappa shape index (κ2) is 23.4. The normalized spacial score (nSPS) is 11.1. The van der Waals surface area contributed by atoms with Crippen LogP contribution in [0.25, 0.3) is 43.8 Å². The summed E-state index contributed by atoms with van der Waals surface area (Å²) in [4.78, 5) is 0. The van der Waals surface area contributed by atoms with E-state index in [-0.39, 0.29) is 0 Å². The fourth-order valence-electron chi connectivity index (χ4n) is 7.57. The summed E-state index contributed by atoms with van der Waals surface area (Å²) in [5, 5.41) is 5.57. The van der Waals surface area contributed by atoms with Crippen molar-refractivity contribution in [1.82, 2.24) is 0 Å². The quantitative estimate of drug-likeness (QED) is 0.0950. The fraction of sp³-hybridized carbons (Fsp3) is 0.423. The van der Waals surface area contributed by atoms with Gasteiger partial charge in [0.15, 0.2) is 0 Å². The van der Waals surface area contributed by atoms with Crippen molar-refractivity contribution in [3.05, 3.63) is 129 Å². The van der Waals surface area contributed by atoms with Gasteiger partial charge >= 0.3 is 37.9 Å². The maximum absolute atomic E-state index is 4.93. The van der Waals surface area contributed by atoms with Crippen LogP contribution in [0.15, 0.2) is 84.9 Å². The number of hydrogen-bond donors (Lipinski definition) is 0. The van der Waals surface area contributed by atoms with E-state index in [4.69, 9.17) is 17.0 Å². The SMILES string of the molecule is CCCc1ccc2[cH-]c(C)cc2c1-c1cc(C(C)C)cc(C(C)C)c1.CCCc1ccc2[cH-]c(C)cc2c1-c1cc(C(C)C)cc(C(C)C)c1.C[Si]C.[Cl][Zr+2][Cl]. The van der Waals surface area contributed by atoms with Crippen molar-refractivity contribution in [1.29, 1.82) is 0 Å². The number of halogens is 2. The fourth-order valence-corrected chi connectivity index (χ4v) is 7.57. The van der Waals surface area contributed by atoms with Crippen LogP contribution < -0.4 is 0 Å². The van der Waals surface area contributed by atoms with Crippen LogP contribution in [0.4, 0.5) is 0 Å². The summed E-state index contributed by atoms with van der Waals surface area (Å²) < 4.78 is 0. The molecule has 0 nitrogen and oxygen atoms in total. The zero-order valence-electron chi connectivity index (χ0n) is 37.0. The Hall–Kier alpha value is -2.22. The zero-order valence-corrected chi connectivity index (χ0v) is 41.9. The second-order valence-corrected chi connectivity index (χ2v) is 21.5. The monoisotopic (exact) mass is 880 g/mol. The van der Waals surface area contributed by atoms with Crippen LogP contribution in [0.2, 0.25) is 13.1 Å². The van der Waals surface area contributed by atoms with Gasteiger partial charge in [0.1, 0.15) is 0 Å². The average Bonchev–Trinajstić information content (AvgIpc) is 3.72. The number of aryl methyl sites for hydroxylation is 4. The van der Waals surface area contributed by atoms with E-state index in [9.17, 15) is 0 Å². The molecule has 0 saturated carbocycles. The topological polar surface area (TPSA) is 0 Å². The molecule has 0 aliphatic heterocycles. The van der Waals surface area contributed by atoms with Crippen LogP contribution >= 0.6 is 17.0 Å². The van der Waals surface area contributed by atoms with Crippen molar-refractivity contribution in [2.45, 2.75) is 146 Å². The number of fused-ring (bicyclic) bond motifs is 2. The van der Waals surface area contributed by atoms with Crippen molar-refractivity contribution in [3.8, 4) is 22.3 Å². The van der Waals surface area contributed by atoms with Gasteiger partial charge in [-0.2, -0.15) is 12.1 Å². The Kier molecular flexibility index (Phi) is 20.1. The molecule has 2 radical (unpaired) electrons. The van der Waals surface area contributed by atoms with Crippen LogP contribution in [0, 0.1) is 13.8 Å². The van der Waals surface area contributed by atoms with Gasteiger partial charge in [-0.05, 0) is 69.9 Å². The first-order valence-corrected chi connectivity index (χ1v) is 29.2.